The molecule has 0 bridgehead atoms. The van der Waals surface area contributed by atoms with Crippen LogP contribution < -0.4 is 15.4 Å². The molecule has 0 radical (unpaired) electrons. The Bertz CT molecular complexity index is 1560. The predicted molar refractivity (Wildman–Crippen MR) is 151 cm³/mol. The number of hydrogen-bond donors (Lipinski definition) is 4. The maximum atomic E-state index is 13.9. The Morgan fingerprint density at radius 3 is 2.37 bits per heavy atom. The van der Waals surface area contributed by atoms with E-state index in [0.717, 1.165) is 30.2 Å². The number of sulfonamides is 1. The lowest BCUT2D eigenvalue weighted by atomic mass is 10.00. The number of hydrogen-bond acceptors (Lipinski definition) is 6. The van der Waals surface area contributed by atoms with Crippen molar-refractivity contribution in [2.24, 2.45) is 0 Å². The minimum atomic E-state index is -4.00. The van der Waals surface area contributed by atoms with Gasteiger partial charge in [-0.05, 0) is 72.0 Å². The molecule has 3 aromatic carbocycles. The summed E-state index contributed by atoms with van der Waals surface area (Å²) in [7, 11) is -4.00. The van der Waals surface area contributed by atoms with Crippen LogP contribution in [0.4, 0.5) is 14.5 Å². The number of aliphatic hydroxyl groups excluding tert-OH is 1. The van der Waals surface area contributed by atoms with Crippen LogP contribution >= 0.6 is 0 Å². The predicted octanol–water partition coefficient (Wildman–Crippen LogP) is 4.41. The number of nitrogens with one attached hydrogen (secondary N) is 3. The summed E-state index contributed by atoms with van der Waals surface area (Å²) in [6.07, 6.45) is 0.936. The molecule has 0 aliphatic carbocycles. The highest BCUT2D eigenvalue weighted by Crippen LogP contribution is 2.18. The van der Waals surface area contributed by atoms with E-state index in [2.05, 4.69) is 28.3 Å². The third-order valence-corrected chi connectivity index (χ3v) is 7.64. The van der Waals surface area contributed by atoms with Crippen molar-refractivity contribution in [1.29, 1.82) is 0 Å². The van der Waals surface area contributed by atoms with Gasteiger partial charge in [0.05, 0.1) is 18.4 Å². The number of carbonyl (C=O) groups excluding carboxylic acids is 1. The lowest BCUT2D eigenvalue weighted by Gasteiger charge is -2.25. The molecule has 4 N–H and O–H groups in total. The molecule has 4 aromatic rings. The third-order valence-electron chi connectivity index (χ3n) is 6.38. The van der Waals surface area contributed by atoms with Crippen molar-refractivity contribution in [3.63, 3.8) is 0 Å². The van der Waals surface area contributed by atoms with Gasteiger partial charge in [0.1, 0.15) is 11.6 Å². The Morgan fingerprint density at radius 1 is 0.927 bits per heavy atom. The molecule has 0 saturated heterocycles. The number of aliphatic hydroxyl groups is 1. The van der Waals surface area contributed by atoms with E-state index in [1.807, 2.05) is 18.2 Å². The maximum absolute atomic E-state index is 13.9. The molecular formula is C30H31F2N3O5S. The van der Waals surface area contributed by atoms with Gasteiger partial charge in [-0.3, -0.25) is 9.52 Å². The zero-order valence-electron chi connectivity index (χ0n) is 22.3. The maximum Gasteiger partial charge on any atom is 0.295 e. The number of halogens is 2. The Kier molecular flexibility index (Phi) is 9.87. The highest BCUT2D eigenvalue weighted by atomic mass is 32.2. The van der Waals surface area contributed by atoms with Crippen LogP contribution in [0.3, 0.4) is 0 Å². The standard InChI is InChI=1S/C30H31F2N3O5S/c1-2-20-6-3-7-21(12-20)18-33-19-28(36)27(15-22-13-24(31)17-25(32)14-22)34-30(37)23-8-4-9-26(16-23)35-41(38,39)29-10-5-11-40-29/h3-14,16-17,27-28,33,35-36H,2,15,18-19H2,1H3,(H,34,37). The average molecular weight is 584 g/mol. The quantitative estimate of drug-likeness (QED) is 0.185. The largest absolute Gasteiger partial charge is 0.451 e. The molecule has 0 aliphatic heterocycles. The van der Waals surface area contributed by atoms with Crippen molar-refractivity contribution in [3.05, 3.63) is 119 Å². The van der Waals surface area contributed by atoms with Crippen LogP contribution in [0.2, 0.25) is 0 Å². The summed E-state index contributed by atoms with van der Waals surface area (Å²) in [6, 6.07) is 18.6. The van der Waals surface area contributed by atoms with Gasteiger partial charge in [-0.25, -0.2) is 8.78 Å². The third kappa shape index (κ3) is 8.46. The normalized spacial score (nSPS) is 13.0. The van der Waals surface area contributed by atoms with Gasteiger partial charge in [0.2, 0.25) is 5.09 Å². The molecule has 4 rings (SSSR count). The Morgan fingerprint density at radius 2 is 1.66 bits per heavy atom. The van der Waals surface area contributed by atoms with Gasteiger partial charge < -0.3 is 20.2 Å². The first-order chi connectivity index (χ1) is 19.6. The number of aryl methyl sites for hydroxylation is 1. The minimum Gasteiger partial charge on any atom is -0.451 e. The highest BCUT2D eigenvalue weighted by Gasteiger charge is 2.24. The molecule has 0 fully saturated rings. The fourth-order valence-electron chi connectivity index (χ4n) is 4.33. The molecular weight excluding hydrogens is 552 g/mol. The summed E-state index contributed by atoms with van der Waals surface area (Å²) in [5.74, 6) is -2.16. The van der Waals surface area contributed by atoms with Crippen LogP contribution in [0, 0.1) is 11.6 Å². The van der Waals surface area contributed by atoms with E-state index in [-0.39, 0.29) is 34.9 Å². The summed E-state index contributed by atoms with van der Waals surface area (Å²) in [5.41, 5.74) is 2.68. The van der Waals surface area contributed by atoms with Crippen LogP contribution in [0.1, 0.15) is 34.0 Å². The molecule has 0 aliphatic rings. The van der Waals surface area contributed by atoms with Crippen molar-refractivity contribution in [2.45, 2.75) is 43.5 Å². The van der Waals surface area contributed by atoms with Crippen LogP contribution in [-0.2, 0) is 29.4 Å². The second kappa shape index (κ2) is 13.5. The molecule has 1 aromatic heterocycles. The highest BCUT2D eigenvalue weighted by molar-refractivity contribution is 7.92. The monoisotopic (exact) mass is 583 g/mol. The van der Waals surface area contributed by atoms with Crippen molar-refractivity contribution in [2.75, 3.05) is 11.3 Å². The van der Waals surface area contributed by atoms with E-state index in [1.165, 1.54) is 48.2 Å². The Balaban J connectivity index is 1.48. The zero-order valence-corrected chi connectivity index (χ0v) is 23.1. The van der Waals surface area contributed by atoms with Gasteiger partial charge in [0, 0.05) is 30.4 Å². The number of benzene rings is 3. The molecule has 2 atom stereocenters. The molecule has 41 heavy (non-hydrogen) atoms. The first-order valence-corrected chi connectivity index (χ1v) is 14.5. The molecule has 1 amide bonds. The lowest BCUT2D eigenvalue weighted by Crippen LogP contribution is -2.48. The second-order valence-electron chi connectivity index (χ2n) is 9.55. The van der Waals surface area contributed by atoms with Crippen molar-refractivity contribution in [1.82, 2.24) is 10.6 Å². The second-order valence-corrected chi connectivity index (χ2v) is 11.2. The van der Waals surface area contributed by atoms with Gasteiger partial charge in [-0.1, -0.05) is 37.3 Å². The van der Waals surface area contributed by atoms with Gasteiger partial charge in [-0.2, -0.15) is 8.42 Å². The van der Waals surface area contributed by atoms with Gasteiger partial charge >= 0.3 is 0 Å². The van der Waals surface area contributed by atoms with Crippen LogP contribution in [-0.4, -0.2) is 38.1 Å². The molecule has 216 valence electrons. The van der Waals surface area contributed by atoms with E-state index in [1.54, 1.807) is 0 Å². The first kappa shape index (κ1) is 29.9. The molecule has 1 heterocycles. The van der Waals surface area contributed by atoms with Gasteiger partial charge in [0.25, 0.3) is 15.9 Å². The molecule has 0 spiro atoms. The van der Waals surface area contributed by atoms with E-state index in [9.17, 15) is 27.1 Å². The summed E-state index contributed by atoms with van der Waals surface area (Å²) in [6.45, 7) is 2.61. The van der Waals surface area contributed by atoms with Crippen molar-refractivity contribution >= 4 is 21.6 Å². The smallest absolute Gasteiger partial charge is 0.295 e. The van der Waals surface area contributed by atoms with E-state index < -0.39 is 39.7 Å². The summed E-state index contributed by atoms with van der Waals surface area (Å²) in [5, 5.41) is 16.6. The molecule has 8 nitrogen and oxygen atoms in total. The van der Waals surface area contributed by atoms with Crippen LogP contribution in [0.15, 0.2) is 94.6 Å². The number of rotatable bonds is 13. The summed E-state index contributed by atoms with van der Waals surface area (Å²) >= 11 is 0. The number of furan rings is 1. The van der Waals surface area contributed by atoms with E-state index in [0.29, 0.717) is 6.54 Å². The molecule has 2 unspecified atom stereocenters. The number of anilines is 1. The zero-order chi connectivity index (χ0) is 29.4. The summed E-state index contributed by atoms with van der Waals surface area (Å²) in [4.78, 5) is 13.2. The minimum absolute atomic E-state index is 0.0562. The summed E-state index contributed by atoms with van der Waals surface area (Å²) < 4.78 is 60.1. The first-order valence-electron chi connectivity index (χ1n) is 13.0. The van der Waals surface area contributed by atoms with E-state index >= 15 is 0 Å². The van der Waals surface area contributed by atoms with Crippen molar-refractivity contribution in [3.8, 4) is 0 Å². The fourth-order valence-corrected chi connectivity index (χ4v) is 5.31. The number of carbonyl (C=O) groups is 1. The average Bonchev–Trinajstić information content (AvgIpc) is 3.49. The Labute approximate surface area is 237 Å². The van der Waals surface area contributed by atoms with E-state index in [4.69, 9.17) is 4.42 Å². The molecule has 0 saturated carbocycles. The van der Waals surface area contributed by atoms with Gasteiger partial charge in [0.15, 0.2) is 0 Å². The van der Waals surface area contributed by atoms with Crippen molar-refractivity contribution < 1.29 is 31.5 Å². The number of amides is 1. The lowest BCUT2D eigenvalue weighted by molar-refractivity contribution is 0.0830. The fraction of sp³-hybridized carbons (Fsp3) is 0.233. The SMILES string of the molecule is CCc1cccc(CNCC(O)C(Cc2cc(F)cc(F)c2)NC(=O)c2cccc(NS(=O)(=O)c3ccco3)c2)c1. The topological polar surface area (TPSA) is 121 Å². The van der Waals surface area contributed by atoms with Crippen LogP contribution in [0.25, 0.3) is 0 Å². The van der Waals surface area contributed by atoms with Gasteiger partial charge in [-0.15, -0.1) is 0 Å². The van der Waals surface area contributed by atoms with Crippen LogP contribution in [0.5, 0.6) is 0 Å². The molecule has 11 heteroatoms. The Hall–Kier alpha value is -4.06.